The summed E-state index contributed by atoms with van der Waals surface area (Å²) >= 11 is 2.02. The molecule has 0 fully saturated rings. The number of allylic oxidation sites excluding steroid dienone is 4. The number of rotatable bonds is 6. The number of carbonyl (C=O) groups is 2. The second kappa shape index (κ2) is 10.5. The van der Waals surface area contributed by atoms with Crippen LogP contribution in [0.15, 0.2) is 52.9 Å². The van der Waals surface area contributed by atoms with Crippen LogP contribution in [0, 0.1) is 34.6 Å². The molecule has 0 saturated heterocycles. The number of hydrogen-bond acceptors (Lipinski definition) is 9. The SMILES string of the molecule is COc1cc(C2C3=C(CC(C)(C)CC3=O)NC3=C2C(=O)CC(C)(C)C3)cc(I)c1Oc1ccc([N+](=O)[O-])cc1[N+](=O)[O-]. The number of carbonyl (C=O) groups excluding carboxylic acids is 2. The van der Waals surface area contributed by atoms with Gasteiger partial charge in [0.15, 0.2) is 23.1 Å². The highest BCUT2D eigenvalue weighted by Crippen LogP contribution is 2.52. The summed E-state index contributed by atoms with van der Waals surface area (Å²) in [5, 5.41) is 26.4. The summed E-state index contributed by atoms with van der Waals surface area (Å²) in [7, 11) is 1.42. The molecular weight excluding hydrogens is 657 g/mol. The van der Waals surface area contributed by atoms with Gasteiger partial charge in [-0.2, -0.15) is 0 Å². The van der Waals surface area contributed by atoms with E-state index < -0.39 is 27.1 Å². The lowest BCUT2D eigenvalue weighted by molar-refractivity contribution is -0.394. The van der Waals surface area contributed by atoms with Crippen molar-refractivity contribution in [2.24, 2.45) is 10.8 Å². The van der Waals surface area contributed by atoms with Crippen LogP contribution < -0.4 is 14.8 Å². The standard InChI is InChI=1S/C30H30IN3O8/c1-29(2)11-18-26(21(35)13-29)25(27-19(32-18)12-30(3,4)14-22(27)36)15-8-17(31)28(24(9-15)41-5)42-23-7-6-16(33(37)38)10-20(23)34(39)40/h6-10,25,32H,11-14H2,1-5H3. The number of Topliss-reactive ketones (excluding diaryl/α,β-unsaturated/α-hetero) is 2. The number of nitrogens with one attached hydrogen (secondary N) is 1. The monoisotopic (exact) mass is 687 g/mol. The van der Waals surface area contributed by atoms with E-state index >= 15 is 0 Å². The average Bonchev–Trinajstić information content (AvgIpc) is 2.86. The first-order valence-electron chi connectivity index (χ1n) is 13.4. The van der Waals surface area contributed by atoms with E-state index in [0.717, 1.165) is 23.5 Å². The van der Waals surface area contributed by atoms with Crippen molar-refractivity contribution in [2.45, 2.75) is 59.3 Å². The summed E-state index contributed by atoms with van der Waals surface area (Å²) in [5.41, 5.74) is 2.03. The summed E-state index contributed by atoms with van der Waals surface area (Å²) in [6.07, 6.45) is 2.03. The zero-order chi connectivity index (χ0) is 30.7. The van der Waals surface area contributed by atoms with Gasteiger partial charge in [0.2, 0.25) is 5.75 Å². The minimum absolute atomic E-state index is 0.0151. The highest BCUT2D eigenvalue weighted by Gasteiger charge is 2.46. The quantitative estimate of drug-likeness (QED) is 0.195. The largest absolute Gasteiger partial charge is 0.493 e. The third-order valence-electron chi connectivity index (χ3n) is 7.87. The number of ketones is 2. The molecule has 2 aromatic carbocycles. The Morgan fingerprint density at radius 1 is 0.857 bits per heavy atom. The third kappa shape index (κ3) is 5.39. The van der Waals surface area contributed by atoms with E-state index in [4.69, 9.17) is 9.47 Å². The van der Waals surface area contributed by atoms with Gasteiger partial charge in [-0.3, -0.25) is 29.8 Å². The van der Waals surface area contributed by atoms with Crippen LogP contribution >= 0.6 is 22.6 Å². The Morgan fingerprint density at radius 3 is 1.93 bits per heavy atom. The van der Waals surface area contributed by atoms with Crippen LogP contribution in [0.5, 0.6) is 17.2 Å². The topological polar surface area (TPSA) is 151 Å². The molecule has 0 unspecified atom stereocenters. The molecule has 0 atom stereocenters. The molecule has 12 heteroatoms. The molecule has 0 bridgehead atoms. The van der Waals surface area contributed by atoms with Gasteiger partial charge in [-0.05, 0) is 70.0 Å². The number of ether oxygens (including phenoxy) is 2. The summed E-state index contributed by atoms with van der Waals surface area (Å²) in [6.45, 7) is 8.23. The van der Waals surface area contributed by atoms with E-state index in [1.165, 1.54) is 13.2 Å². The minimum atomic E-state index is -0.751. The molecule has 3 aliphatic rings. The van der Waals surface area contributed by atoms with Crippen LogP contribution in [0.3, 0.4) is 0 Å². The second-order valence-electron chi connectivity index (χ2n) is 12.5. The number of dihydropyridines is 1. The van der Waals surface area contributed by atoms with Gasteiger partial charge in [0.1, 0.15) is 0 Å². The van der Waals surface area contributed by atoms with E-state index in [1.807, 2.05) is 22.6 Å². The zero-order valence-electron chi connectivity index (χ0n) is 23.8. The maximum absolute atomic E-state index is 13.7. The van der Waals surface area contributed by atoms with Crippen molar-refractivity contribution in [3.05, 3.63) is 82.2 Å². The Balaban J connectivity index is 1.65. The lowest BCUT2D eigenvalue weighted by Gasteiger charge is -2.44. The maximum atomic E-state index is 13.7. The first-order valence-corrected chi connectivity index (χ1v) is 14.5. The molecule has 1 heterocycles. The molecule has 0 amide bonds. The number of hydrogen-bond donors (Lipinski definition) is 1. The molecule has 0 saturated carbocycles. The van der Waals surface area contributed by atoms with E-state index in [1.54, 1.807) is 12.1 Å². The number of halogens is 1. The van der Waals surface area contributed by atoms with Crippen LogP contribution in [-0.2, 0) is 9.59 Å². The Kier molecular flexibility index (Phi) is 7.40. The van der Waals surface area contributed by atoms with E-state index in [2.05, 4.69) is 33.0 Å². The molecule has 2 aromatic rings. The predicted molar refractivity (Wildman–Crippen MR) is 162 cm³/mol. The predicted octanol–water partition coefficient (Wildman–Crippen LogP) is 6.88. The first-order chi connectivity index (χ1) is 19.6. The molecule has 220 valence electrons. The lowest BCUT2D eigenvalue weighted by atomic mass is 9.64. The summed E-state index contributed by atoms with van der Waals surface area (Å²) in [4.78, 5) is 48.7. The Morgan fingerprint density at radius 2 is 1.43 bits per heavy atom. The van der Waals surface area contributed by atoms with Crippen LogP contribution in [0.4, 0.5) is 11.4 Å². The Hall–Kier alpha value is -3.81. The fraction of sp³-hybridized carbons (Fsp3) is 0.400. The summed E-state index contributed by atoms with van der Waals surface area (Å²) in [5.74, 6) is -0.421. The van der Waals surface area contributed by atoms with Crippen LogP contribution in [-0.4, -0.2) is 28.5 Å². The minimum Gasteiger partial charge on any atom is -0.493 e. The van der Waals surface area contributed by atoms with Crippen LogP contribution in [0.25, 0.3) is 0 Å². The molecule has 2 aliphatic carbocycles. The number of nitro benzene ring substituents is 2. The molecule has 0 spiro atoms. The molecule has 1 aliphatic heterocycles. The van der Waals surface area contributed by atoms with Gasteiger partial charge < -0.3 is 14.8 Å². The fourth-order valence-electron chi connectivity index (χ4n) is 6.19. The van der Waals surface area contributed by atoms with Gasteiger partial charge in [-0.25, -0.2) is 0 Å². The number of methoxy groups -OCH3 is 1. The molecular formula is C30H30IN3O8. The van der Waals surface area contributed by atoms with E-state index in [-0.39, 0.29) is 39.6 Å². The van der Waals surface area contributed by atoms with Crippen molar-refractivity contribution in [1.29, 1.82) is 0 Å². The van der Waals surface area contributed by atoms with Crippen molar-refractivity contribution in [1.82, 2.24) is 5.32 Å². The van der Waals surface area contributed by atoms with Crippen molar-refractivity contribution < 1.29 is 28.9 Å². The molecule has 0 radical (unpaired) electrons. The fourth-order valence-corrected chi connectivity index (χ4v) is 6.92. The van der Waals surface area contributed by atoms with Crippen LogP contribution in [0.2, 0.25) is 0 Å². The van der Waals surface area contributed by atoms with Gasteiger partial charge in [0.05, 0.1) is 26.6 Å². The van der Waals surface area contributed by atoms with Crippen molar-refractivity contribution in [3.8, 4) is 17.2 Å². The van der Waals surface area contributed by atoms with Gasteiger partial charge in [0, 0.05) is 47.4 Å². The number of non-ortho nitro benzene ring substituents is 1. The zero-order valence-corrected chi connectivity index (χ0v) is 26.0. The molecule has 42 heavy (non-hydrogen) atoms. The molecule has 5 rings (SSSR count). The van der Waals surface area contributed by atoms with E-state index in [0.29, 0.717) is 46.0 Å². The van der Waals surface area contributed by atoms with Crippen LogP contribution in [0.1, 0.15) is 64.9 Å². The number of nitro groups is 2. The lowest BCUT2D eigenvalue weighted by Crippen LogP contribution is -2.42. The molecule has 0 aromatic heterocycles. The van der Waals surface area contributed by atoms with Gasteiger partial charge >= 0.3 is 5.69 Å². The Bertz CT molecular complexity index is 1590. The summed E-state index contributed by atoms with van der Waals surface area (Å²) in [6, 6.07) is 6.62. The highest BCUT2D eigenvalue weighted by atomic mass is 127. The van der Waals surface area contributed by atoms with Crippen molar-refractivity contribution in [2.75, 3.05) is 7.11 Å². The van der Waals surface area contributed by atoms with Gasteiger partial charge in [-0.1, -0.05) is 27.7 Å². The smallest absolute Gasteiger partial charge is 0.318 e. The normalized spacial score (nSPS) is 19.6. The average molecular weight is 687 g/mol. The number of benzene rings is 2. The van der Waals surface area contributed by atoms with Crippen molar-refractivity contribution >= 4 is 45.5 Å². The third-order valence-corrected chi connectivity index (χ3v) is 8.67. The first kappa shape index (κ1) is 29.7. The number of nitrogens with zero attached hydrogens (tertiary/aromatic N) is 2. The van der Waals surface area contributed by atoms with Gasteiger partial charge in [-0.15, -0.1) is 0 Å². The molecule has 1 N–H and O–H groups in total. The van der Waals surface area contributed by atoms with Gasteiger partial charge in [0.25, 0.3) is 5.69 Å². The molecule has 11 nitrogen and oxygen atoms in total. The Labute approximate surface area is 255 Å². The van der Waals surface area contributed by atoms with E-state index in [9.17, 15) is 29.8 Å². The second-order valence-corrected chi connectivity index (χ2v) is 13.7. The highest BCUT2D eigenvalue weighted by molar-refractivity contribution is 14.1. The maximum Gasteiger partial charge on any atom is 0.318 e. The summed E-state index contributed by atoms with van der Waals surface area (Å²) < 4.78 is 12.1. The van der Waals surface area contributed by atoms with Crippen molar-refractivity contribution in [3.63, 3.8) is 0 Å².